The molecule has 24 valence electrons. The molecule has 0 aromatic carbocycles. The number of methoxy groups -OCH3 is 1. The smallest absolute Gasteiger partial charge is 0.655 e. The summed E-state index contributed by atoms with van der Waals surface area (Å²) in [5.41, 5.74) is 0. The minimum absolute atomic E-state index is 0. The third-order valence-corrected chi connectivity index (χ3v) is 0.0833. The van der Waals surface area contributed by atoms with Crippen molar-refractivity contribution in [3.05, 3.63) is 0 Å². The van der Waals surface area contributed by atoms with Crippen LogP contribution >= 0.6 is 0 Å². The van der Waals surface area contributed by atoms with Gasteiger partial charge in [0.05, 0.1) is 0 Å². The maximum atomic E-state index is 8.83. The predicted molar refractivity (Wildman–Crippen MR) is 12.7 cm³/mol. The van der Waals surface area contributed by atoms with Crippen LogP contribution in [0.1, 0.15) is 0 Å². The van der Waals surface area contributed by atoms with Gasteiger partial charge in [0, 0.05) is 7.11 Å². The Labute approximate surface area is 73.3 Å². The van der Waals surface area contributed by atoms with Crippen LogP contribution in [0.3, 0.4) is 0 Å². The van der Waals surface area contributed by atoms with Crippen LogP contribution in [0.5, 0.6) is 0 Å². The normalized spacial score (nSPS) is 4.20. The van der Waals surface area contributed by atoms with E-state index in [4.69, 9.17) is 4.79 Å². The van der Waals surface area contributed by atoms with Gasteiger partial charge in [0.2, 0.25) is 0 Å². The van der Waals surface area contributed by atoms with Crippen molar-refractivity contribution in [1.82, 2.24) is 0 Å². The molecule has 0 rings (SSSR count). The fraction of sp³-hybridized carbons (Fsp3) is 0.500. The van der Waals surface area contributed by atoms with E-state index in [0.717, 1.165) is 0 Å². The summed E-state index contributed by atoms with van der Waals surface area (Å²) in [5.74, 6) is 0. The molecule has 2 nitrogen and oxygen atoms in total. The summed E-state index contributed by atoms with van der Waals surface area (Å²) in [6.45, 7) is 1.18. The third-order valence-electron chi connectivity index (χ3n) is 0.0833. The van der Waals surface area contributed by atoms with Gasteiger partial charge in [-0.15, -0.1) is 0 Å². The second-order valence-corrected chi connectivity index (χ2v) is 0.287. The summed E-state index contributed by atoms with van der Waals surface area (Å²) < 4.78 is 3.74. The summed E-state index contributed by atoms with van der Waals surface area (Å²) in [7, 11) is 1.26. The number of hydrogen-bond acceptors (Lipinski definition) is 2. The Kier molecular flexibility index (Phi) is 16.9. The van der Waals surface area contributed by atoms with Gasteiger partial charge in [-0.2, -0.15) is 0 Å². The standard InChI is InChI=1S/C2H3O2.K/c1-4-2-3;/h1H3;/q-1;+1. The Bertz CT molecular complexity index is 21.6. The van der Waals surface area contributed by atoms with Gasteiger partial charge in [-0.1, -0.05) is 6.47 Å². The zero-order valence-electron chi connectivity index (χ0n) is 3.32. The van der Waals surface area contributed by atoms with Crippen molar-refractivity contribution >= 4 is 6.47 Å². The monoisotopic (exact) mass is 98.0 g/mol. The summed E-state index contributed by atoms with van der Waals surface area (Å²) in [6.07, 6.45) is 0. The van der Waals surface area contributed by atoms with E-state index >= 15 is 0 Å². The molecule has 0 spiro atoms. The maximum Gasteiger partial charge on any atom is 1.00 e. The average Bonchev–Trinajstić information content (AvgIpc) is 1.37. The molecule has 0 atom stereocenters. The summed E-state index contributed by atoms with van der Waals surface area (Å²) >= 11 is 0. The van der Waals surface area contributed by atoms with E-state index in [1.54, 1.807) is 0 Å². The maximum absolute atomic E-state index is 8.83. The first-order chi connectivity index (χ1) is 1.91. The molecular weight excluding hydrogens is 95.1 g/mol. The first kappa shape index (κ1) is 9.44. The summed E-state index contributed by atoms with van der Waals surface area (Å²) in [4.78, 5) is 8.83. The van der Waals surface area contributed by atoms with Crippen molar-refractivity contribution in [1.29, 1.82) is 0 Å². The van der Waals surface area contributed by atoms with Crippen LogP contribution < -0.4 is 51.4 Å². The second-order valence-electron chi connectivity index (χ2n) is 0.287. The number of rotatable bonds is 1. The average molecular weight is 98.1 g/mol. The van der Waals surface area contributed by atoms with Crippen molar-refractivity contribution < 1.29 is 60.9 Å². The van der Waals surface area contributed by atoms with E-state index in [9.17, 15) is 0 Å². The van der Waals surface area contributed by atoms with Gasteiger partial charge in [0.15, 0.2) is 0 Å². The van der Waals surface area contributed by atoms with Crippen LogP contribution in [-0.4, -0.2) is 13.6 Å². The van der Waals surface area contributed by atoms with Gasteiger partial charge in [0.25, 0.3) is 0 Å². The molecule has 0 fully saturated rings. The molecule has 0 aliphatic rings. The molecular formula is C2H3KO2. The van der Waals surface area contributed by atoms with Gasteiger partial charge in [-0.25, -0.2) is 0 Å². The molecule has 0 bridgehead atoms. The zero-order valence-corrected chi connectivity index (χ0v) is 6.44. The Balaban J connectivity index is 0. The minimum Gasteiger partial charge on any atom is -0.655 e. The Morgan fingerprint density at radius 1 is 1.80 bits per heavy atom. The molecule has 0 saturated carbocycles. The fourth-order valence-electron chi connectivity index (χ4n) is 0. The van der Waals surface area contributed by atoms with Gasteiger partial charge in [-0.3, -0.25) is 0 Å². The fourth-order valence-corrected chi connectivity index (χ4v) is 0. The number of hydrogen-bond donors (Lipinski definition) is 0. The van der Waals surface area contributed by atoms with Gasteiger partial charge in [0.1, 0.15) is 0 Å². The molecule has 0 heterocycles. The van der Waals surface area contributed by atoms with Crippen LogP contribution in [0.25, 0.3) is 0 Å². The predicted octanol–water partition coefficient (Wildman–Crippen LogP) is -3.30. The molecule has 0 aromatic heterocycles. The van der Waals surface area contributed by atoms with Crippen LogP contribution in [0, 0.1) is 0 Å². The zero-order chi connectivity index (χ0) is 3.41. The molecule has 5 heavy (non-hydrogen) atoms. The van der Waals surface area contributed by atoms with Crippen LogP contribution in [0.2, 0.25) is 0 Å². The van der Waals surface area contributed by atoms with Gasteiger partial charge < -0.3 is 9.53 Å². The summed E-state index contributed by atoms with van der Waals surface area (Å²) in [5, 5.41) is 0. The largest absolute Gasteiger partial charge is 1.00 e. The second kappa shape index (κ2) is 8.92. The van der Waals surface area contributed by atoms with Gasteiger partial charge in [-0.05, 0) is 0 Å². The Hall–Kier alpha value is 1.11. The van der Waals surface area contributed by atoms with E-state index in [2.05, 4.69) is 4.74 Å². The number of ether oxygens (including phenoxy) is 1. The quantitative estimate of drug-likeness (QED) is 0.254. The Morgan fingerprint density at radius 2 is 2.00 bits per heavy atom. The molecule has 0 amide bonds. The van der Waals surface area contributed by atoms with Crippen LogP contribution in [0.4, 0.5) is 0 Å². The number of carbonyl (C=O) groups excluding carboxylic acids is 1. The van der Waals surface area contributed by atoms with E-state index in [0.29, 0.717) is 0 Å². The topological polar surface area (TPSA) is 26.3 Å². The molecule has 0 saturated heterocycles. The molecule has 0 unspecified atom stereocenters. The van der Waals surface area contributed by atoms with Crippen LogP contribution in [-0.2, 0) is 9.53 Å². The SMILES string of the molecule is CO[C-]=O.[K+]. The molecule has 3 heteroatoms. The molecule has 0 aromatic rings. The van der Waals surface area contributed by atoms with Crippen molar-refractivity contribution in [3.63, 3.8) is 0 Å². The molecule has 0 aliphatic heterocycles. The van der Waals surface area contributed by atoms with Crippen molar-refractivity contribution in [3.8, 4) is 0 Å². The van der Waals surface area contributed by atoms with E-state index in [-0.39, 0.29) is 51.4 Å². The summed E-state index contributed by atoms with van der Waals surface area (Å²) in [6, 6.07) is 0. The van der Waals surface area contributed by atoms with E-state index in [1.807, 2.05) is 0 Å². The third kappa shape index (κ3) is 11.1. The van der Waals surface area contributed by atoms with Crippen molar-refractivity contribution in [2.75, 3.05) is 7.11 Å². The first-order valence-electron chi connectivity index (χ1n) is 0.816. The molecule has 0 N–H and O–H groups in total. The van der Waals surface area contributed by atoms with E-state index in [1.165, 1.54) is 13.6 Å². The van der Waals surface area contributed by atoms with Crippen molar-refractivity contribution in [2.45, 2.75) is 0 Å². The van der Waals surface area contributed by atoms with Gasteiger partial charge >= 0.3 is 51.4 Å². The Morgan fingerprint density at radius 3 is 2.00 bits per heavy atom. The molecule has 0 radical (unpaired) electrons. The molecule has 0 aliphatic carbocycles. The van der Waals surface area contributed by atoms with E-state index < -0.39 is 0 Å². The first-order valence-corrected chi connectivity index (χ1v) is 0.816. The van der Waals surface area contributed by atoms with Crippen molar-refractivity contribution in [2.24, 2.45) is 0 Å². The van der Waals surface area contributed by atoms with Crippen LogP contribution in [0.15, 0.2) is 0 Å². The minimum atomic E-state index is 0.